The highest BCUT2D eigenvalue weighted by molar-refractivity contribution is 5.66. The Morgan fingerprint density at radius 1 is 1.38 bits per heavy atom. The average molecular weight is 365 g/mol. The Morgan fingerprint density at radius 3 is 2.73 bits per heavy atom. The Hall–Kier alpha value is -1.13. The molecule has 0 amide bonds. The van der Waals surface area contributed by atoms with Crippen molar-refractivity contribution in [3.63, 3.8) is 0 Å². The SMILES string of the molecule is C=C[C@@H](O)C(C)C[C@H](CC)[C@@H]1[C@H]2CC(=CCCCC(=O)O)C[C@H]2C[C@H]1O. The summed E-state index contributed by atoms with van der Waals surface area (Å²) < 4.78 is 0. The highest BCUT2D eigenvalue weighted by Crippen LogP contribution is 2.53. The van der Waals surface area contributed by atoms with Gasteiger partial charge >= 0.3 is 5.97 Å². The van der Waals surface area contributed by atoms with Gasteiger partial charge in [-0.3, -0.25) is 4.79 Å². The predicted octanol–water partition coefficient (Wildman–Crippen LogP) is 4.17. The van der Waals surface area contributed by atoms with E-state index in [-0.39, 0.29) is 18.4 Å². The summed E-state index contributed by atoms with van der Waals surface area (Å²) in [4.78, 5) is 10.6. The minimum atomic E-state index is -0.725. The zero-order valence-electron chi connectivity index (χ0n) is 16.3. The summed E-state index contributed by atoms with van der Waals surface area (Å²) in [5.41, 5.74) is 1.45. The highest BCUT2D eigenvalue weighted by Gasteiger charge is 2.48. The molecule has 0 radical (unpaired) electrons. The maximum Gasteiger partial charge on any atom is 0.303 e. The van der Waals surface area contributed by atoms with Crippen molar-refractivity contribution in [1.82, 2.24) is 0 Å². The molecule has 3 N–H and O–H groups in total. The minimum absolute atomic E-state index is 0.163. The number of aliphatic carboxylic acids is 1. The van der Waals surface area contributed by atoms with E-state index < -0.39 is 12.1 Å². The number of fused-ring (bicyclic) bond motifs is 1. The molecule has 2 fully saturated rings. The Balaban J connectivity index is 1.97. The van der Waals surface area contributed by atoms with Gasteiger partial charge in [0, 0.05) is 6.42 Å². The summed E-state index contributed by atoms with van der Waals surface area (Å²) in [6.45, 7) is 7.95. The predicted molar refractivity (Wildman–Crippen MR) is 104 cm³/mol. The quantitative estimate of drug-likeness (QED) is 0.401. The summed E-state index contributed by atoms with van der Waals surface area (Å²) in [6, 6.07) is 0. The van der Waals surface area contributed by atoms with E-state index in [1.807, 2.05) is 0 Å². The molecule has 2 aliphatic carbocycles. The van der Waals surface area contributed by atoms with Crippen LogP contribution in [0.2, 0.25) is 0 Å². The molecule has 0 aromatic heterocycles. The zero-order valence-corrected chi connectivity index (χ0v) is 16.3. The van der Waals surface area contributed by atoms with E-state index in [2.05, 4.69) is 26.5 Å². The van der Waals surface area contributed by atoms with Gasteiger partial charge in [0.05, 0.1) is 12.2 Å². The van der Waals surface area contributed by atoms with Crippen LogP contribution < -0.4 is 0 Å². The van der Waals surface area contributed by atoms with E-state index in [0.29, 0.717) is 30.1 Å². The van der Waals surface area contributed by atoms with Crippen LogP contribution in [0.5, 0.6) is 0 Å². The first-order chi connectivity index (χ1) is 12.4. The van der Waals surface area contributed by atoms with Crippen LogP contribution in [-0.4, -0.2) is 33.5 Å². The molecule has 4 nitrogen and oxygen atoms in total. The summed E-state index contributed by atoms with van der Waals surface area (Å²) in [6.07, 6.45) is 9.88. The summed E-state index contributed by atoms with van der Waals surface area (Å²) in [5.74, 6) is 1.28. The maximum absolute atomic E-state index is 10.7. The van der Waals surface area contributed by atoms with Gasteiger partial charge in [-0.05, 0) is 68.1 Å². The molecular formula is C22H36O4. The van der Waals surface area contributed by atoms with Crippen LogP contribution >= 0.6 is 0 Å². The molecule has 26 heavy (non-hydrogen) atoms. The van der Waals surface area contributed by atoms with Crippen molar-refractivity contribution in [1.29, 1.82) is 0 Å². The van der Waals surface area contributed by atoms with Gasteiger partial charge in [0.15, 0.2) is 0 Å². The molecule has 2 saturated carbocycles. The number of hydrogen-bond donors (Lipinski definition) is 3. The Labute approximate surface area is 158 Å². The Morgan fingerprint density at radius 2 is 2.12 bits per heavy atom. The fraction of sp³-hybridized carbons (Fsp3) is 0.773. The van der Waals surface area contributed by atoms with Gasteiger partial charge in [-0.25, -0.2) is 0 Å². The van der Waals surface area contributed by atoms with E-state index in [1.54, 1.807) is 6.08 Å². The topological polar surface area (TPSA) is 77.8 Å². The standard InChI is InChI=1S/C22H36O4/c1-4-16(10-14(3)19(23)5-2)22-18-12-15(8-6-7-9-21(25)26)11-17(18)13-20(22)24/h5,8,14,16-20,22-24H,2,4,6-7,9-13H2,1,3H3,(H,25,26)/t14?,16-,17-,18-,19+,20+,22+/m0/s1. The molecule has 2 rings (SSSR count). The molecular weight excluding hydrogens is 328 g/mol. The molecule has 0 saturated heterocycles. The molecule has 4 heteroatoms. The van der Waals surface area contributed by atoms with Crippen LogP contribution in [0.4, 0.5) is 0 Å². The Kier molecular flexibility index (Phi) is 7.90. The number of carboxylic acids is 1. The van der Waals surface area contributed by atoms with Crippen molar-refractivity contribution in [3.05, 3.63) is 24.3 Å². The number of allylic oxidation sites excluding steroid dienone is 2. The second kappa shape index (κ2) is 9.70. The smallest absolute Gasteiger partial charge is 0.303 e. The van der Waals surface area contributed by atoms with Crippen LogP contribution in [0.3, 0.4) is 0 Å². The molecule has 1 unspecified atom stereocenters. The van der Waals surface area contributed by atoms with Crippen LogP contribution in [0.1, 0.15) is 65.2 Å². The number of unbranched alkanes of at least 4 members (excludes halogenated alkanes) is 1. The molecule has 7 atom stereocenters. The average Bonchev–Trinajstić information content (AvgIpc) is 3.11. The molecule has 0 aromatic carbocycles. The van der Waals surface area contributed by atoms with Gasteiger partial charge < -0.3 is 15.3 Å². The molecule has 0 heterocycles. The first-order valence-electron chi connectivity index (χ1n) is 10.3. The fourth-order valence-electron chi connectivity index (χ4n) is 5.34. The van der Waals surface area contributed by atoms with Crippen molar-refractivity contribution >= 4 is 5.97 Å². The third-order valence-electron chi connectivity index (χ3n) is 6.71. The van der Waals surface area contributed by atoms with Gasteiger partial charge in [0.25, 0.3) is 0 Å². The van der Waals surface area contributed by atoms with Crippen LogP contribution in [0.15, 0.2) is 24.3 Å². The minimum Gasteiger partial charge on any atom is -0.481 e. The lowest BCUT2D eigenvalue weighted by Crippen LogP contribution is -2.30. The lowest BCUT2D eigenvalue weighted by molar-refractivity contribution is -0.137. The van der Waals surface area contributed by atoms with Gasteiger partial charge in [0.1, 0.15) is 0 Å². The van der Waals surface area contributed by atoms with Crippen molar-refractivity contribution in [3.8, 4) is 0 Å². The molecule has 0 bridgehead atoms. The summed E-state index contributed by atoms with van der Waals surface area (Å²) in [7, 11) is 0. The van der Waals surface area contributed by atoms with E-state index in [1.165, 1.54) is 5.57 Å². The number of aliphatic hydroxyl groups is 2. The molecule has 0 aromatic rings. The Bertz CT molecular complexity index is 512. The van der Waals surface area contributed by atoms with Crippen molar-refractivity contribution in [2.24, 2.45) is 29.6 Å². The van der Waals surface area contributed by atoms with Crippen LogP contribution in [0, 0.1) is 29.6 Å². The van der Waals surface area contributed by atoms with Gasteiger partial charge in [-0.2, -0.15) is 0 Å². The van der Waals surface area contributed by atoms with E-state index in [9.17, 15) is 15.0 Å². The third-order valence-corrected chi connectivity index (χ3v) is 6.71. The number of rotatable bonds is 10. The van der Waals surface area contributed by atoms with Crippen molar-refractivity contribution in [2.45, 2.75) is 77.4 Å². The van der Waals surface area contributed by atoms with Crippen molar-refractivity contribution in [2.75, 3.05) is 0 Å². The van der Waals surface area contributed by atoms with Crippen molar-refractivity contribution < 1.29 is 20.1 Å². The highest BCUT2D eigenvalue weighted by atomic mass is 16.4. The monoisotopic (exact) mass is 364 g/mol. The lowest BCUT2D eigenvalue weighted by atomic mass is 9.75. The zero-order chi connectivity index (χ0) is 19.3. The third kappa shape index (κ3) is 5.20. The second-order valence-electron chi connectivity index (χ2n) is 8.47. The largest absolute Gasteiger partial charge is 0.481 e. The molecule has 2 aliphatic rings. The normalized spacial score (nSPS) is 33.0. The number of carboxylic acid groups (broad SMARTS) is 1. The number of hydrogen-bond acceptors (Lipinski definition) is 3. The van der Waals surface area contributed by atoms with E-state index in [0.717, 1.165) is 38.5 Å². The molecule has 148 valence electrons. The summed E-state index contributed by atoms with van der Waals surface area (Å²) in [5, 5.41) is 29.5. The van der Waals surface area contributed by atoms with Crippen LogP contribution in [0.25, 0.3) is 0 Å². The maximum atomic E-state index is 10.7. The van der Waals surface area contributed by atoms with E-state index in [4.69, 9.17) is 5.11 Å². The van der Waals surface area contributed by atoms with Gasteiger partial charge in [-0.1, -0.05) is 38.0 Å². The number of aliphatic hydroxyl groups excluding tert-OH is 2. The van der Waals surface area contributed by atoms with Gasteiger partial charge in [0.2, 0.25) is 0 Å². The molecule has 0 spiro atoms. The number of carbonyl (C=O) groups is 1. The lowest BCUT2D eigenvalue weighted by Gasteiger charge is -2.32. The fourth-order valence-corrected chi connectivity index (χ4v) is 5.34. The first-order valence-corrected chi connectivity index (χ1v) is 10.3. The molecule has 0 aliphatic heterocycles. The first kappa shape index (κ1) is 21.2. The van der Waals surface area contributed by atoms with E-state index >= 15 is 0 Å². The summed E-state index contributed by atoms with van der Waals surface area (Å²) >= 11 is 0. The van der Waals surface area contributed by atoms with Crippen LogP contribution in [-0.2, 0) is 4.79 Å². The second-order valence-corrected chi connectivity index (χ2v) is 8.47. The van der Waals surface area contributed by atoms with Gasteiger partial charge in [-0.15, -0.1) is 6.58 Å².